The van der Waals surface area contributed by atoms with Gasteiger partial charge in [-0.15, -0.1) is 0 Å². The lowest BCUT2D eigenvalue weighted by Crippen LogP contribution is -2.46. The van der Waals surface area contributed by atoms with Crippen molar-refractivity contribution in [1.29, 1.82) is 0 Å². The number of Topliss-reactive ketones (excluding diaryl/α,β-unsaturated/α-hetero) is 3. The van der Waals surface area contributed by atoms with E-state index in [2.05, 4.69) is 10.2 Å². The van der Waals surface area contributed by atoms with Crippen LogP contribution in [0.1, 0.15) is 96.1 Å². The number of nitrogens with zero attached hydrogens (tertiary/aromatic N) is 2. The highest BCUT2D eigenvalue weighted by molar-refractivity contribution is 6.06. The first-order valence-corrected chi connectivity index (χ1v) is 21.3. The van der Waals surface area contributed by atoms with Gasteiger partial charge in [0.2, 0.25) is 11.8 Å². The van der Waals surface area contributed by atoms with E-state index >= 15 is 0 Å². The summed E-state index contributed by atoms with van der Waals surface area (Å²) in [5, 5.41) is 32.0. The van der Waals surface area contributed by atoms with Gasteiger partial charge < -0.3 is 30.4 Å². The van der Waals surface area contributed by atoms with Crippen molar-refractivity contribution >= 4 is 52.5 Å². The zero-order valence-electron chi connectivity index (χ0n) is 35.4. The van der Waals surface area contributed by atoms with Crippen LogP contribution in [0.3, 0.4) is 0 Å². The van der Waals surface area contributed by atoms with Crippen molar-refractivity contribution in [3.05, 3.63) is 90.0 Å². The van der Waals surface area contributed by atoms with Crippen molar-refractivity contribution < 1.29 is 48.9 Å². The lowest BCUT2D eigenvalue weighted by molar-refractivity contribution is -0.144. The number of amides is 2. The molecule has 4 N–H and O–H groups in total. The number of carboxylic acids is 2. The number of hydrogen-bond acceptors (Lipinski definition) is 9. The van der Waals surface area contributed by atoms with Gasteiger partial charge >= 0.3 is 11.9 Å². The Morgan fingerprint density at radius 3 is 1.95 bits per heavy atom. The second-order valence-corrected chi connectivity index (χ2v) is 17.6. The molecule has 5 rings (SSSR count). The third kappa shape index (κ3) is 13.1. The number of carbonyl (C=O) groups excluding carboxylic acids is 5. The van der Waals surface area contributed by atoms with E-state index in [4.69, 9.17) is 0 Å². The average Bonchev–Trinajstić information content (AvgIpc) is 3.33. The third-order valence-electron chi connectivity index (χ3n) is 11.9. The normalized spacial score (nSPS) is 17.4. The summed E-state index contributed by atoms with van der Waals surface area (Å²) in [6.07, 6.45) is 3.75. The number of phenols is 1. The highest BCUT2D eigenvalue weighted by Gasteiger charge is 2.40. The number of fused-ring (bicyclic) bond motifs is 1. The second-order valence-electron chi connectivity index (χ2n) is 17.6. The smallest absolute Gasteiger partial charge is 0.326 e. The number of anilines is 2. The van der Waals surface area contributed by atoms with Gasteiger partial charge in [-0.25, -0.2) is 4.79 Å². The predicted octanol–water partition coefficient (Wildman–Crippen LogP) is 6.57. The van der Waals surface area contributed by atoms with Gasteiger partial charge in [-0.1, -0.05) is 94.6 Å². The minimum Gasteiger partial charge on any atom is -0.508 e. The minimum absolute atomic E-state index is 0.0169. The van der Waals surface area contributed by atoms with Crippen LogP contribution in [0.25, 0.3) is 0 Å². The quantitative estimate of drug-likeness (QED) is 0.0960. The second kappa shape index (κ2) is 21.1. The number of carboxylic acid groups (broad SMARTS) is 2. The lowest BCUT2D eigenvalue weighted by Gasteiger charge is -2.37. The SMILES string of the molecule is CC(C)(C)C(=O)CN1C(=O)[C@H](CC(=O)C[C@@H](Cc2ccccc2)C(=O)N[C@H](CCC(=O)C[C@@H](Cc2ccc(O)cc2)C(=O)O)C(=O)O)CN(C2CCCCC2)c2ccccc21. The number of aliphatic carboxylic acids is 2. The van der Waals surface area contributed by atoms with E-state index in [9.17, 15) is 48.9 Å². The van der Waals surface area contributed by atoms with Crippen molar-refractivity contribution in [3.63, 3.8) is 0 Å². The molecule has 0 unspecified atom stereocenters. The number of hydrogen-bond donors (Lipinski definition) is 4. The maximum atomic E-state index is 14.6. The Hall–Kier alpha value is -5.85. The van der Waals surface area contributed by atoms with Crippen molar-refractivity contribution in [3.8, 4) is 5.75 Å². The van der Waals surface area contributed by atoms with E-state index in [1.165, 1.54) is 17.0 Å². The van der Waals surface area contributed by atoms with Gasteiger partial charge in [0.05, 0.1) is 29.8 Å². The van der Waals surface area contributed by atoms with Crippen molar-refractivity contribution in [2.45, 2.75) is 110 Å². The number of phenolic OH excluding ortho intramolecular Hbond substituents is 1. The number of benzene rings is 3. The molecule has 4 atom stereocenters. The molecule has 0 aromatic heterocycles. The van der Waals surface area contributed by atoms with Crippen LogP contribution in [0.2, 0.25) is 0 Å². The van der Waals surface area contributed by atoms with Gasteiger partial charge in [0.15, 0.2) is 5.78 Å². The molecule has 0 bridgehead atoms. The Balaban J connectivity index is 1.32. The Labute approximate surface area is 357 Å². The van der Waals surface area contributed by atoms with E-state index in [1.54, 1.807) is 57.2 Å². The molecule has 13 nitrogen and oxygen atoms in total. The predicted molar refractivity (Wildman–Crippen MR) is 230 cm³/mol. The van der Waals surface area contributed by atoms with Gasteiger partial charge in [0, 0.05) is 49.6 Å². The van der Waals surface area contributed by atoms with E-state index in [0.717, 1.165) is 43.4 Å². The van der Waals surface area contributed by atoms with Crippen LogP contribution in [0.5, 0.6) is 5.75 Å². The molecule has 1 aliphatic carbocycles. The molecular formula is C48H59N3O10. The highest BCUT2D eigenvalue weighted by Crippen LogP contribution is 2.39. The van der Waals surface area contributed by atoms with Crippen LogP contribution in [0.4, 0.5) is 11.4 Å². The number of aromatic hydroxyl groups is 1. The zero-order valence-corrected chi connectivity index (χ0v) is 35.4. The molecule has 0 saturated heterocycles. The first-order valence-electron chi connectivity index (χ1n) is 21.3. The zero-order chi connectivity index (χ0) is 44.3. The van der Waals surface area contributed by atoms with Gasteiger partial charge in [-0.3, -0.25) is 28.8 Å². The number of carbonyl (C=O) groups is 7. The van der Waals surface area contributed by atoms with E-state index in [0.29, 0.717) is 11.3 Å². The maximum absolute atomic E-state index is 14.6. The summed E-state index contributed by atoms with van der Waals surface area (Å²) < 4.78 is 0. The molecule has 3 aromatic carbocycles. The van der Waals surface area contributed by atoms with E-state index in [-0.39, 0.29) is 87.3 Å². The topological polar surface area (TPSA) is 199 Å². The van der Waals surface area contributed by atoms with Gasteiger partial charge in [-0.05, 0) is 67.5 Å². The fourth-order valence-corrected chi connectivity index (χ4v) is 8.30. The highest BCUT2D eigenvalue weighted by atomic mass is 16.4. The van der Waals surface area contributed by atoms with Crippen LogP contribution >= 0.6 is 0 Å². The Bertz CT molecular complexity index is 2040. The molecule has 1 fully saturated rings. The van der Waals surface area contributed by atoms with Crippen LogP contribution in [-0.4, -0.2) is 81.6 Å². The van der Waals surface area contributed by atoms with Crippen molar-refractivity contribution in [2.24, 2.45) is 23.2 Å². The summed E-state index contributed by atoms with van der Waals surface area (Å²) in [5.74, 6) is -7.50. The van der Waals surface area contributed by atoms with Crippen molar-refractivity contribution in [2.75, 3.05) is 22.9 Å². The maximum Gasteiger partial charge on any atom is 0.326 e. The lowest BCUT2D eigenvalue weighted by atomic mass is 9.88. The fraction of sp³-hybridized carbons (Fsp3) is 0.479. The standard InChI is InChI=1S/C48H59N3O10/c1-48(2,3)43(55)30-51-42-17-11-10-16-41(42)50(36-14-8-5-9-15-36)29-35(45(51)57)28-39(54)26-33(24-31-12-6-4-7-13-31)44(56)49-40(47(60)61)23-22-38(53)27-34(46(58)59)25-32-18-20-37(52)21-19-32/h4,6-7,10-13,16-21,33-36,40,52H,5,8-9,14-15,22-30H2,1-3H3,(H,49,56)(H,58,59)(H,60,61)/t33-,34-,35-,40-/m1/s1. The number of nitrogens with one attached hydrogen (secondary N) is 1. The molecule has 61 heavy (non-hydrogen) atoms. The molecule has 2 amide bonds. The largest absolute Gasteiger partial charge is 0.508 e. The molecule has 1 saturated carbocycles. The summed E-state index contributed by atoms with van der Waals surface area (Å²) in [6.45, 7) is 5.52. The minimum atomic E-state index is -1.50. The molecule has 326 valence electrons. The molecule has 13 heteroatoms. The molecular weight excluding hydrogens is 779 g/mol. The van der Waals surface area contributed by atoms with Gasteiger partial charge in [0.25, 0.3) is 0 Å². The third-order valence-corrected chi connectivity index (χ3v) is 11.9. The Kier molecular flexibility index (Phi) is 16.0. The first kappa shape index (κ1) is 46.2. The molecule has 3 aromatic rings. The van der Waals surface area contributed by atoms with Gasteiger partial charge in [0.1, 0.15) is 23.4 Å². The average molecular weight is 838 g/mol. The summed E-state index contributed by atoms with van der Waals surface area (Å²) in [4.78, 5) is 97.4. The Morgan fingerprint density at radius 2 is 1.33 bits per heavy atom. The molecule has 0 radical (unpaired) electrons. The molecule has 0 spiro atoms. The molecule has 1 heterocycles. The summed E-state index contributed by atoms with van der Waals surface area (Å²) >= 11 is 0. The molecule has 2 aliphatic rings. The van der Waals surface area contributed by atoms with Gasteiger partial charge in [-0.2, -0.15) is 0 Å². The van der Waals surface area contributed by atoms with E-state index < -0.39 is 52.8 Å². The van der Waals surface area contributed by atoms with Crippen LogP contribution < -0.4 is 15.1 Å². The fourth-order valence-electron chi connectivity index (χ4n) is 8.30. The van der Waals surface area contributed by atoms with Crippen molar-refractivity contribution in [1.82, 2.24) is 5.32 Å². The van der Waals surface area contributed by atoms with Crippen LogP contribution in [0, 0.1) is 23.2 Å². The number of para-hydroxylation sites is 2. The first-order chi connectivity index (χ1) is 29.0. The monoisotopic (exact) mass is 837 g/mol. The molecule has 1 aliphatic heterocycles. The Morgan fingerprint density at radius 1 is 0.738 bits per heavy atom. The number of ketones is 3. The van der Waals surface area contributed by atoms with Crippen LogP contribution in [0.15, 0.2) is 78.9 Å². The summed E-state index contributed by atoms with van der Waals surface area (Å²) in [5.41, 5.74) is 2.10. The summed E-state index contributed by atoms with van der Waals surface area (Å²) in [6, 6.07) is 21.2. The van der Waals surface area contributed by atoms with E-state index in [1.807, 2.05) is 30.3 Å². The number of rotatable bonds is 20. The summed E-state index contributed by atoms with van der Waals surface area (Å²) in [7, 11) is 0. The van der Waals surface area contributed by atoms with Crippen LogP contribution in [-0.2, 0) is 46.4 Å².